The van der Waals surface area contributed by atoms with Crippen LogP contribution >= 0.6 is 0 Å². The van der Waals surface area contributed by atoms with Crippen LogP contribution in [0.15, 0.2) is 48.5 Å². The molecule has 2 fully saturated rings. The highest BCUT2D eigenvalue weighted by molar-refractivity contribution is 5.78. The highest BCUT2D eigenvalue weighted by atomic mass is 19.1. The minimum absolute atomic E-state index is 0.216. The molecule has 0 saturated carbocycles. The van der Waals surface area contributed by atoms with Gasteiger partial charge in [-0.25, -0.2) is 4.39 Å². The number of carbonyl (C=O) groups excluding carboxylic acids is 1. The van der Waals surface area contributed by atoms with Gasteiger partial charge in [-0.15, -0.1) is 0 Å². The number of halogens is 1. The van der Waals surface area contributed by atoms with E-state index in [1.807, 2.05) is 17.0 Å². The van der Waals surface area contributed by atoms with Crippen LogP contribution in [0.5, 0.6) is 0 Å². The van der Waals surface area contributed by atoms with Gasteiger partial charge in [-0.1, -0.05) is 24.3 Å². The highest BCUT2D eigenvalue weighted by Crippen LogP contribution is 2.17. The van der Waals surface area contributed by atoms with Crippen LogP contribution in [0.3, 0.4) is 0 Å². The first-order valence-electron chi connectivity index (χ1n) is 10.9. The number of carbonyl (C=O) groups is 1. The zero-order valence-electron chi connectivity index (χ0n) is 17.8. The lowest BCUT2D eigenvalue weighted by Gasteiger charge is -2.38. The van der Waals surface area contributed by atoms with E-state index >= 15 is 0 Å². The molecule has 30 heavy (non-hydrogen) atoms. The first-order chi connectivity index (χ1) is 14.6. The average molecular weight is 411 g/mol. The second-order valence-corrected chi connectivity index (χ2v) is 8.32. The maximum absolute atomic E-state index is 13.1. The summed E-state index contributed by atoms with van der Waals surface area (Å²) in [5, 5.41) is 0. The third-order valence-electron chi connectivity index (χ3n) is 6.30. The molecular formula is C24H31FN4O. The number of hydrogen-bond acceptors (Lipinski definition) is 4. The zero-order chi connectivity index (χ0) is 20.9. The van der Waals surface area contributed by atoms with Gasteiger partial charge < -0.3 is 9.80 Å². The number of amides is 1. The Labute approximate surface area is 178 Å². The van der Waals surface area contributed by atoms with E-state index in [4.69, 9.17) is 0 Å². The summed E-state index contributed by atoms with van der Waals surface area (Å²) >= 11 is 0. The lowest BCUT2D eigenvalue weighted by Crippen LogP contribution is -2.53. The Balaban J connectivity index is 1.20. The van der Waals surface area contributed by atoms with E-state index in [9.17, 15) is 9.18 Å². The van der Waals surface area contributed by atoms with E-state index in [1.165, 1.54) is 23.3 Å². The molecule has 2 aromatic rings. The SMILES string of the molecule is Cc1ccccc1CN1CCN(CC(=O)N2CCN(c3ccc(F)cc3)CC2)CC1. The normalized spacial score (nSPS) is 18.6. The summed E-state index contributed by atoms with van der Waals surface area (Å²) in [4.78, 5) is 21.7. The second-order valence-electron chi connectivity index (χ2n) is 8.32. The molecule has 0 aliphatic carbocycles. The van der Waals surface area contributed by atoms with E-state index in [1.54, 1.807) is 0 Å². The van der Waals surface area contributed by atoms with Crippen molar-refractivity contribution in [2.24, 2.45) is 0 Å². The third-order valence-corrected chi connectivity index (χ3v) is 6.30. The summed E-state index contributed by atoms with van der Waals surface area (Å²) in [6.45, 7) is 10.6. The van der Waals surface area contributed by atoms with Crippen molar-refractivity contribution < 1.29 is 9.18 Å². The van der Waals surface area contributed by atoms with Crippen molar-refractivity contribution in [1.82, 2.24) is 14.7 Å². The van der Waals surface area contributed by atoms with E-state index < -0.39 is 0 Å². The van der Waals surface area contributed by atoms with Gasteiger partial charge in [0.25, 0.3) is 0 Å². The molecule has 0 N–H and O–H groups in total. The first kappa shape index (κ1) is 20.8. The molecule has 2 aliphatic rings. The van der Waals surface area contributed by atoms with Gasteiger partial charge in [0.1, 0.15) is 5.82 Å². The largest absolute Gasteiger partial charge is 0.368 e. The minimum Gasteiger partial charge on any atom is -0.368 e. The van der Waals surface area contributed by atoms with Crippen LogP contribution < -0.4 is 4.90 Å². The Morgan fingerprint density at radius 2 is 1.47 bits per heavy atom. The number of aryl methyl sites for hydroxylation is 1. The first-order valence-corrected chi connectivity index (χ1v) is 10.9. The van der Waals surface area contributed by atoms with Crippen molar-refractivity contribution in [3.05, 3.63) is 65.5 Å². The van der Waals surface area contributed by atoms with E-state index in [2.05, 4.69) is 45.9 Å². The molecule has 1 amide bonds. The van der Waals surface area contributed by atoms with Crippen LogP contribution in [0, 0.1) is 12.7 Å². The Hall–Kier alpha value is -2.44. The molecule has 2 heterocycles. The van der Waals surface area contributed by atoms with Crippen LogP contribution in [-0.2, 0) is 11.3 Å². The number of hydrogen-bond donors (Lipinski definition) is 0. The van der Waals surface area contributed by atoms with Gasteiger partial charge in [0.2, 0.25) is 5.91 Å². The van der Waals surface area contributed by atoms with Crippen LogP contribution in [0.2, 0.25) is 0 Å². The fraction of sp³-hybridized carbons (Fsp3) is 0.458. The molecule has 160 valence electrons. The predicted octanol–water partition coefficient (Wildman–Crippen LogP) is 2.60. The van der Waals surface area contributed by atoms with Crippen LogP contribution in [-0.4, -0.2) is 79.5 Å². The topological polar surface area (TPSA) is 30.0 Å². The molecule has 2 aliphatic heterocycles. The van der Waals surface area contributed by atoms with Gasteiger partial charge >= 0.3 is 0 Å². The highest BCUT2D eigenvalue weighted by Gasteiger charge is 2.25. The Bertz CT molecular complexity index is 841. The Morgan fingerprint density at radius 1 is 0.833 bits per heavy atom. The molecule has 2 saturated heterocycles. The lowest BCUT2D eigenvalue weighted by molar-refractivity contribution is -0.133. The lowest BCUT2D eigenvalue weighted by atomic mass is 10.1. The van der Waals surface area contributed by atoms with Crippen LogP contribution in [0.1, 0.15) is 11.1 Å². The smallest absolute Gasteiger partial charge is 0.236 e. The molecule has 6 heteroatoms. The standard InChI is InChI=1S/C24H31FN4O/c1-20-4-2-3-5-21(20)18-26-10-12-27(13-11-26)19-24(30)29-16-14-28(15-17-29)23-8-6-22(25)7-9-23/h2-9H,10-19H2,1H3. The summed E-state index contributed by atoms with van der Waals surface area (Å²) < 4.78 is 13.1. The summed E-state index contributed by atoms with van der Waals surface area (Å²) in [6, 6.07) is 15.2. The maximum Gasteiger partial charge on any atom is 0.236 e. The second kappa shape index (κ2) is 9.58. The van der Waals surface area contributed by atoms with Gasteiger partial charge in [-0.3, -0.25) is 14.6 Å². The van der Waals surface area contributed by atoms with Crippen molar-refractivity contribution in [3.63, 3.8) is 0 Å². The van der Waals surface area contributed by atoms with Gasteiger partial charge in [-0.05, 0) is 42.3 Å². The molecule has 0 unspecified atom stereocenters. The van der Waals surface area contributed by atoms with E-state index in [0.717, 1.165) is 64.6 Å². The van der Waals surface area contributed by atoms with E-state index in [-0.39, 0.29) is 11.7 Å². The average Bonchev–Trinajstić information content (AvgIpc) is 2.77. The maximum atomic E-state index is 13.1. The fourth-order valence-corrected chi connectivity index (χ4v) is 4.29. The molecule has 0 aromatic heterocycles. The molecule has 0 radical (unpaired) electrons. The molecule has 2 aromatic carbocycles. The number of rotatable bonds is 5. The monoisotopic (exact) mass is 410 g/mol. The summed E-state index contributed by atoms with van der Waals surface area (Å²) in [5.41, 5.74) is 3.75. The Kier molecular flexibility index (Phi) is 6.65. The number of piperazine rings is 2. The van der Waals surface area contributed by atoms with E-state index in [0.29, 0.717) is 6.54 Å². The molecule has 0 bridgehead atoms. The van der Waals surface area contributed by atoms with Crippen molar-refractivity contribution in [2.45, 2.75) is 13.5 Å². The summed E-state index contributed by atoms with van der Waals surface area (Å²) in [7, 11) is 0. The number of anilines is 1. The third kappa shape index (κ3) is 5.18. The minimum atomic E-state index is -0.216. The molecule has 0 spiro atoms. The van der Waals surface area contributed by atoms with Crippen LogP contribution in [0.4, 0.5) is 10.1 Å². The zero-order valence-corrected chi connectivity index (χ0v) is 17.8. The predicted molar refractivity (Wildman–Crippen MR) is 118 cm³/mol. The number of benzene rings is 2. The van der Waals surface area contributed by atoms with Crippen LogP contribution in [0.25, 0.3) is 0 Å². The van der Waals surface area contributed by atoms with Crippen molar-refractivity contribution in [2.75, 3.05) is 63.8 Å². The van der Waals surface area contributed by atoms with Crippen molar-refractivity contribution >= 4 is 11.6 Å². The van der Waals surface area contributed by atoms with Gasteiger partial charge in [0, 0.05) is 64.6 Å². The fourth-order valence-electron chi connectivity index (χ4n) is 4.29. The number of nitrogens with zero attached hydrogens (tertiary/aromatic N) is 4. The Morgan fingerprint density at radius 3 is 2.13 bits per heavy atom. The summed E-state index contributed by atoms with van der Waals surface area (Å²) in [5.74, 6) is 0.00711. The quantitative estimate of drug-likeness (QED) is 0.758. The summed E-state index contributed by atoms with van der Waals surface area (Å²) in [6.07, 6.45) is 0. The molecule has 5 nitrogen and oxygen atoms in total. The van der Waals surface area contributed by atoms with Crippen molar-refractivity contribution in [1.29, 1.82) is 0 Å². The van der Waals surface area contributed by atoms with Gasteiger partial charge in [-0.2, -0.15) is 0 Å². The molecule has 4 rings (SSSR count). The van der Waals surface area contributed by atoms with Gasteiger partial charge in [0.05, 0.1) is 6.54 Å². The molecule has 0 atom stereocenters. The van der Waals surface area contributed by atoms with Crippen molar-refractivity contribution in [3.8, 4) is 0 Å². The molecular weight excluding hydrogens is 379 g/mol. The van der Waals surface area contributed by atoms with Gasteiger partial charge in [0.15, 0.2) is 0 Å².